The maximum Gasteiger partial charge on any atom is 0.121 e. The maximum atomic E-state index is 5.91. The number of nitrogens with one attached hydrogen (secondary N) is 3. The third-order valence-corrected chi connectivity index (χ3v) is 4.63. The number of hydrogen-bond acceptors (Lipinski definition) is 4. The Hall–Kier alpha value is -1.04. The molecule has 0 amide bonds. The van der Waals surface area contributed by atoms with E-state index in [2.05, 4.69) is 26.9 Å². The number of piperidine rings is 1. The number of halogens is 1. The van der Waals surface area contributed by atoms with E-state index in [1.165, 1.54) is 17.7 Å². The first kappa shape index (κ1) is 13.0. The molecule has 1 aliphatic heterocycles. The van der Waals surface area contributed by atoms with Crippen molar-refractivity contribution in [2.75, 3.05) is 18.4 Å². The molecule has 3 rings (SSSR count). The molecule has 0 saturated carbocycles. The van der Waals surface area contributed by atoms with Gasteiger partial charge in [0.1, 0.15) is 5.82 Å². The van der Waals surface area contributed by atoms with Crippen molar-refractivity contribution in [2.45, 2.75) is 25.3 Å². The molecular formula is C13H17ClN4S. The first-order valence-corrected chi connectivity index (χ1v) is 7.75. The Labute approximate surface area is 121 Å². The molecule has 6 heteroatoms. The van der Waals surface area contributed by atoms with Crippen LogP contribution in [0.25, 0.3) is 0 Å². The fourth-order valence-corrected chi connectivity index (χ4v) is 3.40. The highest BCUT2D eigenvalue weighted by atomic mass is 35.5. The van der Waals surface area contributed by atoms with Crippen LogP contribution in [0.5, 0.6) is 0 Å². The minimum absolute atomic E-state index is 0.539. The van der Waals surface area contributed by atoms with Gasteiger partial charge in [0.05, 0.1) is 16.6 Å². The Morgan fingerprint density at radius 1 is 1.47 bits per heavy atom. The molecule has 0 aromatic carbocycles. The summed E-state index contributed by atoms with van der Waals surface area (Å²) in [6, 6.07) is 6.09. The first-order chi connectivity index (χ1) is 9.31. The Balaban J connectivity index is 1.58. The lowest BCUT2D eigenvalue weighted by atomic mass is 9.96. The van der Waals surface area contributed by atoms with Gasteiger partial charge in [-0.3, -0.25) is 5.10 Å². The third kappa shape index (κ3) is 3.29. The van der Waals surface area contributed by atoms with Crippen molar-refractivity contribution >= 4 is 28.8 Å². The lowest BCUT2D eigenvalue weighted by molar-refractivity contribution is 0.454. The Bertz CT molecular complexity index is 530. The average molecular weight is 297 g/mol. The van der Waals surface area contributed by atoms with Gasteiger partial charge in [-0.15, -0.1) is 11.3 Å². The number of anilines is 1. The number of hydrogen-bond donors (Lipinski definition) is 3. The summed E-state index contributed by atoms with van der Waals surface area (Å²) in [7, 11) is 0. The first-order valence-electron chi connectivity index (χ1n) is 6.55. The molecule has 1 atom stereocenters. The van der Waals surface area contributed by atoms with E-state index in [0.29, 0.717) is 5.92 Å². The van der Waals surface area contributed by atoms with Crippen molar-refractivity contribution in [3.8, 4) is 0 Å². The van der Waals surface area contributed by atoms with Crippen LogP contribution >= 0.6 is 22.9 Å². The summed E-state index contributed by atoms with van der Waals surface area (Å²) < 4.78 is 0.829. The number of aromatic nitrogens is 2. The quantitative estimate of drug-likeness (QED) is 0.812. The summed E-state index contributed by atoms with van der Waals surface area (Å²) >= 11 is 7.51. The summed E-state index contributed by atoms with van der Waals surface area (Å²) in [4.78, 5) is 1.22. The normalized spacial score (nSPS) is 19.5. The topological polar surface area (TPSA) is 52.7 Å². The second kappa shape index (κ2) is 5.94. The summed E-state index contributed by atoms with van der Waals surface area (Å²) in [6.45, 7) is 2.94. The van der Waals surface area contributed by atoms with E-state index in [9.17, 15) is 0 Å². The van der Waals surface area contributed by atoms with Gasteiger partial charge in [-0.25, -0.2) is 0 Å². The summed E-state index contributed by atoms with van der Waals surface area (Å²) in [5.41, 5.74) is 1.15. The molecule has 1 unspecified atom stereocenters. The minimum Gasteiger partial charge on any atom is -0.366 e. The summed E-state index contributed by atoms with van der Waals surface area (Å²) in [6.07, 6.45) is 2.45. The van der Waals surface area contributed by atoms with E-state index in [-0.39, 0.29) is 0 Å². The molecule has 1 fully saturated rings. The molecule has 4 nitrogen and oxygen atoms in total. The Kier molecular flexibility index (Phi) is 4.06. The van der Waals surface area contributed by atoms with Crippen molar-refractivity contribution in [3.05, 3.63) is 33.1 Å². The summed E-state index contributed by atoms with van der Waals surface area (Å²) in [5, 5.41) is 14.2. The van der Waals surface area contributed by atoms with E-state index >= 15 is 0 Å². The van der Waals surface area contributed by atoms with Crippen LogP contribution in [0.15, 0.2) is 18.2 Å². The number of thiophene rings is 1. The van der Waals surface area contributed by atoms with Crippen molar-refractivity contribution in [2.24, 2.45) is 0 Å². The van der Waals surface area contributed by atoms with Crippen LogP contribution in [0.1, 0.15) is 29.3 Å². The molecule has 2 aromatic rings. The van der Waals surface area contributed by atoms with Gasteiger partial charge in [0.25, 0.3) is 0 Å². The van der Waals surface area contributed by atoms with Gasteiger partial charge < -0.3 is 10.6 Å². The van der Waals surface area contributed by atoms with Gasteiger partial charge in [-0.05, 0) is 31.5 Å². The van der Waals surface area contributed by atoms with Gasteiger partial charge >= 0.3 is 0 Å². The van der Waals surface area contributed by atoms with Crippen LogP contribution in [0, 0.1) is 0 Å². The zero-order valence-corrected chi connectivity index (χ0v) is 12.2. The Morgan fingerprint density at radius 3 is 3.16 bits per heavy atom. The molecule has 102 valence electrons. The number of nitrogens with zero attached hydrogens (tertiary/aromatic N) is 1. The second-order valence-corrected chi connectivity index (χ2v) is 6.61. The summed E-state index contributed by atoms with van der Waals surface area (Å²) in [5.74, 6) is 1.52. The molecule has 0 spiro atoms. The van der Waals surface area contributed by atoms with Crippen molar-refractivity contribution in [1.82, 2.24) is 15.5 Å². The number of aromatic amines is 1. The SMILES string of the molecule is Clc1ccc(CNc2cc(C3CCCNC3)n[nH]2)s1. The molecular weight excluding hydrogens is 280 g/mol. The second-order valence-electron chi connectivity index (χ2n) is 4.81. The lowest BCUT2D eigenvalue weighted by Gasteiger charge is -2.20. The monoisotopic (exact) mass is 296 g/mol. The number of H-pyrrole nitrogens is 1. The molecule has 2 aromatic heterocycles. The average Bonchev–Trinajstić information content (AvgIpc) is 3.06. The fourth-order valence-electron chi connectivity index (χ4n) is 2.37. The predicted molar refractivity (Wildman–Crippen MR) is 80.1 cm³/mol. The molecule has 3 N–H and O–H groups in total. The van der Waals surface area contributed by atoms with Gasteiger partial charge in [-0.2, -0.15) is 5.10 Å². The third-order valence-electron chi connectivity index (χ3n) is 3.39. The molecule has 0 bridgehead atoms. The lowest BCUT2D eigenvalue weighted by Crippen LogP contribution is -2.28. The van der Waals surface area contributed by atoms with Crippen LogP contribution in [-0.4, -0.2) is 23.3 Å². The van der Waals surface area contributed by atoms with Crippen LogP contribution in [0.4, 0.5) is 5.82 Å². The van der Waals surface area contributed by atoms with Crippen molar-refractivity contribution < 1.29 is 0 Å². The van der Waals surface area contributed by atoms with Gasteiger partial charge in [0.2, 0.25) is 0 Å². The smallest absolute Gasteiger partial charge is 0.121 e. The van der Waals surface area contributed by atoms with Crippen molar-refractivity contribution in [1.29, 1.82) is 0 Å². The number of rotatable bonds is 4. The van der Waals surface area contributed by atoms with Crippen LogP contribution < -0.4 is 10.6 Å². The van der Waals surface area contributed by atoms with Gasteiger partial charge in [0, 0.05) is 23.4 Å². The molecule has 19 heavy (non-hydrogen) atoms. The van der Waals surface area contributed by atoms with E-state index in [1.807, 2.05) is 12.1 Å². The van der Waals surface area contributed by atoms with Crippen LogP contribution in [-0.2, 0) is 6.54 Å². The van der Waals surface area contributed by atoms with E-state index < -0.39 is 0 Å². The van der Waals surface area contributed by atoms with E-state index in [0.717, 1.165) is 35.5 Å². The van der Waals surface area contributed by atoms with Gasteiger partial charge in [0.15, 0.2) is 0 Å². The minimum atomic E-state index is 0.539. The van der Waals surface area contributed by atoms with E-state index in [1.54, 1.807) is 11.3 Å². The maximum absolute atomic E-state index is 5.91. The molecule has 1 saturated heterocycles. The highest BCUT2D eigenvalue weighted by Crippen LogP contribution is 2.24. The highest BCUT2D eigenvalue weighted by molar-refractivity contribution is 7.16. The molecule has 1 aliphatic rings. The highest BCUT2D eigenvalue weighted by Gasteiger charge is 2.17. The van der Waals surface area contributed by atoms with E-state index in [4.69, 9.17) is 11.6 Å². The van der Waals surface area contributed by atoms with Gasteiger partial charge in [-0.1, -0.05) is 11.6 Å². The zero-order chi connectivity index (χ0) is 13.1. The standard InChI is InChI=1S/C13H17ClN4S/c14-12-4-3-10(19-12)8-16-13-6-11(17-18-13)9-2-1-5-15-7-9/h3-4,6,9,15H,1-2,5,7-8H2,(H2,16,17,18). The van der Waals surface area contributed by atoms with Crippen LogP contribution in [0.2, 0.25) is 4.34 Å². The predicted octanol–water partition coefficient (Wildman–Crippen LogP) is 3.20. The van der Waals surface area contributed by atoms with Crippen LogP contribution in [0.3, 0.4) is 0 Å². The molecule has 3 heterocycles. The zero-order valence-electron chi connectivity index (χ0n) is 10.6. The largest absolute Gasteiger partial charge is 0.366 e. The van der Waals surface area contributed by atoms with Crippen molar-refractivity contribution in [3.63, 3.8) is 0 Å². The molecule has 0 radical (unpaired) electrons. The molecule has 0 aliphatic carbocycles. The fraction of sp³-hybridized carbons (Fsp3) is 0.462. The Morgan fingerprint density at radius 2 is 2.42 bits per heavy atom.